The molecular formula is C12H25NO4. The highest BCUT2D eigenvalue weighted by molar-refractivity contribution is 5.75. The average Bonchev–Trinajstić information content (AvgIpc) is 2.36. The zero-order valence-corrected chi connectivity index (χ0v) is 11.2. The van der Waals surface area contributed by atoms with Crippen molar-refractivity contribution in [3.63, 3.8) is 0 Å². The average molecular weight is 247 g/mol. The second-order valence-electron chi connectivity index (χ2n) is 3.63. The van der Waals surface area contributed by atoms with Crippen molar-refractivity contribution < 1.29 is 19.0 Å². The van der Waals surface area contributed by atoms with Gasteiger partial charge in [-0.1, -0.05) is 6.92 Å². The maximum Gasteiger partial charge on any atom is 0.322 e. The first-order valence-electron chi connectivity index (χ1n) is 6.22. The largest absolute Gasteiger partial charge is 0.468 e. The second kappa shape index (κ2) is 11.8. The van der Waals surface area contributed by atoms with E-state index in [1.807, 2.05) is 6.92 Å². The molecule has 1 atom stereocenters. The van der Waals surface area contributed by atoms with Crippen LogP contribution in [0, 0.1) is 0 Å². The van der Waals surface area contributed by atoms with Gasteiger partial charge in [0.15, 0.2) is 0 Å². The van der Waals surface area contributed by atoms with E-state index in [4.69, 9.17) is 14.2 Å². The Bertz CT molecular complexity index is 187. The molecule has 0 aliphatic rings. The van der Waals surface area contributed by atoms with Crippen LogP contribution >= 0.6 is 0 Å². The minimum Gasteiger partial charge on any atom is -0.468 e. The van der Waals surface area contributed by atoms with E-state index in [2.05, 4.69) is 12.2 Å². The highest BCUT2D eigenvalue weighted by Gasteiger charge is 2.17. The van der Waals surface area contributed by atoms with E-state index in [1.165, 1.54) is 7.11 Å². The molecule has 17 heavy (non-hydrogen) atoms. The molecule has 5 nitrogen and oxygen atoms in total. The summed E-state index contributed by atoms with van der Waals surface area (Å²) in [4.78, 5) is 11.4. The number of esters is 1. The Balaban J connectivity index is 3.64. The predicted octanol–water partition coefficient (Wildman–Crippen LogP) is 0.971. The number of hydrogen-bond donors (Lipinski definition) is 1. The van der Waals surface area contributed by atoms with Gasteiger partial charge in [0, 0.05) is 13.2 Å². The maximum atomic E-state index is 11.4. The zero-order chi connectivity index (χ0) is 12.9. The fourth-order valence-electron chi connectivity index (χ4n) is 1.33. The van der Waals surface area contributed by atoms with Crippen molar-refractivity contribution in [2.45, 2.75) is 32.7 Å². The van der Waals surface area contributed by atoms with Crippen LogP contribution in [0.1, 0.15) is 26.7 Å². The number of carbonyl (C=O) groups excluding carboxylic acids is 1. The summed E-state index contributed by atoms with van der Waals surface area (Å²) in [7, 11) is 1.40. The topological polar surface area (TPSA) is 56.8 Å². The number of carbonyl (C=O) groups is 1. The van der Waals surface area contributed by atoms with Gasteiger partial charge in [-0.25, -0.2) is 0 Å². The zero-order valence-electron chi connectivity index (χ0n) is 11.2. The maximum absolute atomic E-state index is 11.4. The Labute approximate surface area is 104 Å². The van der Waals surface area contributed by atoms with E-state index < -0.39 is 0 Å². The van der Waals surface area contributed by atoms with Gasteiger partial charge in [0.2, 0.25) is 0 Å². The molecule has 102 valence electrons. The van der Waals surface area contributed by atoms with E-state index in [0.29, 0.717) is 32.8 Å². The lowest BCUT2D eigenvalue weighted by atomic mass is 10.2. The van der Waals surface area contributed by atoms with Gasteiger partial charge in [0.05, 0.1) is 20.3 Å². The van der Waals surface area contributed by atoms with Gasteiger partial charge in [-0.2, -0.15) is 0 Å². The van der Waals surface area contributed by atoms with Crippen molar-refractivity contribution in [3.05, 3.63) is 0 Å². The van der Waals surface area contributed by atoms with E-state index in [-0.39, 0.29) is 12.0 Å². The number of methoxy groups -OCH3 is 1. The minimum absolute atomic E-state index is 0.230. The number of ether oxygens (including phenoxy) is 3. The molecule has 0 spiro atoms. The van der Waals surface area contributed by atoms with Crippen LogP contribution in [-0.2, 0) is 19.0 Å². The molecule has 0 radical (unpaired) electrons. The standard InChI is InChI=1S/C12H25NO4/c1-4-7-13-11(12(14)15-3)6-8-17-10-9-16-5-2/h11,13H,4-10H2,1-3H3. The van der Waals surface area contributed by atoms with Crippen molar-refractivity contribution in [2.24, 2.45) is 0 Å². The van der Waals surface area contributed by atoms with Crippen LogP contribution in [0.25, 0.3) is 0 Å². The van der Waals surface area contributed by atoms with Gasteiger partial charge >= 0.3 is 5.97 Å². The Hall–Kier alpha value is -0.650. The van der Waals surface area contributed by atoms with Crippen LogP contribution < -0.4 is 5.32 Å². The molecule has 0 heterocycles. The van der Waals surface area contributed by atoms with Crippen molar-refractivity contribution in [2.75, 3.05) is 40.1 Å². The van der Waals surface area contributed by atoms with Crippen molar-refractivity contribution in [3.8, 4) is 0 Å². The third-order valence-electron chi connectivity index (χ3n) is 2.25. The van der Waals surface area contributed by atoms with Crippen molar-refractivity contribution in [1.29, 1.82) is 0 Å². The summed E-state index contributed by atoms with van der Waals surface area (Å²) in [5, 5.41) is 3.14. The lowest BCUT2D eigenvalue weighted by Crippen LogP contribution is -2.39. The molecule has 1 unspecified atom stereocenters. The second-order valence-corrected chi connectivity index (χ2v) is 3.63. The van der Waals surface area contributed by atoms with Crippen molar-refractivity contribution >= 4 is 5.97 Å². The lowest BCUT2D eigenvalue weighted by molar-refractivity contribution is -0.143. The molecule has 0 fully saturated rings. The van der Waals surface area contributed by atoms with Crippen LogP contribution in [0.3, 0.4) is 0 Å². The molecule has 0 aromatic carbocycles. The molecule has 0 rings (SSSR count). The molecule has 1 N–H and O–H groups in total. The van der Waals surface area contributed by atoms with Crippen LogP contribution in [0.15, 0.2) is 0 Å². The quantitative estimate of drug-likeness (QED) is 0.435. The minimum atomic E-state index is -0.271. The smallest absolute Gasteiger partial charge is 0.322 e. The molecule has 0 aliphatic heterocycles. The SMILES string of the molecule is CCCNC(CCOCCOCC)C(=O)OC. The Morgan fingerprint density at radius 2 is 1.88 bits per heavy atom. The van der Waals surface area contributed by atoms with Crippen molar-refractivity contribution in [1.82, 2.24) is 5.32 Å². The highest BCUT2D eigenvalue weighted by Crippen LogP contribution is 1.96. The number of nitrogens with one attached hydrogen (secondary N) is 1. The summed E-state index contributed by atoms with van der Waals surface area (Å²) < 4.78 is 15.2. The summed E-state index contributed by atoms with van der Waals surface area (Å²) in [5.74, 6) is -0.230. The molecular weight excluding hydrogens is 222 g/mol. The van der Waals surface area contributed by atoms with E-state index in [1.54, 1.807) is 0 Å². The molecule has 0 aromatic heterocycles. The predicted molar refractivity (Wildman–Crippen MR) is 66.0 cm³/mol. The molecule has 0 aliphatic carbocycles. The van der Waals surface area contributed by atoms with Gasteiger partial charge < -0.3 is 19.5 Å². The van der Waals surface area contributed by atoms with Crippen LogP contribution in [-0.4, -0.2) is 52.1 Å². The monoisotopic (exact) mass is 247 g/mol. The molecule has 0 saturated carbocycles. The number of rotatable bonds is 11. The highest BCUT2D eigenvalue weighted by atomic mass is 16.5. The summed E-state index contributed by atoms with van der Waals surface area (Å²) in [6.07, 6.45) is 1.61. The van der Waals surface area contributed by atoms with Crippen LogP contribution in [0.4, 0.5) is 0 Å². The third-order valence-corrected chi connectivity index (χ3v) is 2.25. The molecule has 0 aromatic rings. The fraction of sp³-hybridized carbons (Fsp3) is 0.917. The Kier molecular flexibility index (Phi) is 11.4. The lowest BCUT2D eigenvalue weighted by Gasteiger charge is -2.15. The van der Waals surface area contributed by atoms with Gasteiger partial charge in [0.1, 0.15) is 6.04 Å². The summed E-state index contributed by atoms with van der Waals surface area (Å²) in [5.41, 5.74) is 0. The summed E-state index contributed by atoms with van der Waals surface area (Å²) in [6, 6.07) is -0.271. The van der Waals surface area contributed by atoms with Gasteiger partial charge in [-0.3, -0.25) is 4.79 Å². The van der Waals surface area contributed by atoms with Gasteiger partial charge in [-0.05, 0) is 26.3 Å². The first kappa shape index (κ1) is 16.4. The number of hydrogen-bond acceptors (Lipinski definition) is 5. The molecule has 0 amide bonds. The van der Waals surface area contributed by atoms with E-state index in [0.717, 1.165) is 13.0 Å². The first-order chi connectivity index (χ1) is 8.26. The van der Waals surface area contributed by atoms with E-state index in [9.17, 15) is 4.79 Å². The molecule has 5 heteroatoms. The molecule has 0 bridgehead atoms. The molecule has 0 saturated heterocycles. The van der Waals surface area contributed by atoms with Crippen LogP contribution in [0.2, 0.25) is 0 Å². The summed E-state index contributed by atoms with van der Waals surface area (Å²) >= 11 is 0. The fourth-order valence-corrected chi connectivity index (χ4v) is 1.33. The third kappa shape index (κ3) is 9.09. The van der Waals surface area contributed by atoms with E-state index >= 15 is 0 Å². The summed E-state index contributed by atoms with van der Waals surface area (Å²) in [6.45, 7) is 7.20. The van der Waals surface area contributed by atoms with Gasteiger partial charge in [-0.15, -0.1) is 0 Å². The Morgan fingerprint density at radius 1 is 1.18 bits per heavy atom. The Morgan fingerprint density at radius 3 is 2.47 bits per heavy atom. The van der Waals surface area contributed by atoms with Crippen LogP contribution in [0.5, 0.6) is 0 Å². The van der Waals surface area contributed by atoms with Gasteiger partial charge in [0.25, 0.3) is 0 Å². The normalized spacial score (nSPS) is 12.4. The first-order valence-corrected chi connectivity index (χ1v) is 6.22.